The van der Waals surface area contributed by atoms with Crippen LogP contribution in [-0.2, 0) is 0 Å². The second kappa shape index (κ2) is 6.05. The van der Waals surface area contributed by atoms with Crippen molar-refractivity contribution in [3.8, 4) is 11.4 Å². The maximum Gasteiger partial charge on any atom is 0.179 e. The second-order valence-electron chi connectivity index (χ2n) is 5.78. The number of nitrogens with zero attached hydrogens (tertiary/aromatic N) is 4. The van der Waals surface area contributed by atoms with Gasteiger partial charge in [-0.05, 0) is 40.1 Å². The Hall–Kier alpha value is -3.03. The standard InChI is InChI=1S/C18H11ClN6S/c19-11-2-1-3-12(7-11)20-18-15-9-26-8-14(15)13-5-4-10(6-16(13)21-18)17-22-24-25-23-17/h1-9H,(H,20,21)(H,22,23,24,25). The minimum Gasteiger partial charge on any atom is -0.340 e. The van der Waals surface area contributed by atoms with Gasteiger partial charge in [-0.15, -0.1) is 5.10 Å². The van der Waals surface area contributed by atoms with Gasteiger partial charge in [-0.2, -0.15) is 11.3 Å². The third kappa shape index (κ3) is 2.58. The Kier molecular flexibility index (Phi) is 3.55. The molecule has 0 radical (unpaired) electrons. The minimum atomic E-state index is 0.614. The molecule has 5 rings (SSSR count). The molecule has 6 nitrogen and oxygen atoms in total. The first kappa shape index (κ1) is 15.2. The molecule has 2 aromatic carbocycles. The van der Waals surface area contributed by atoms with Crippen LogP contribution in [0.15, 0.2) is 53.2 Å². The number of benzene rings is 2. The summed E-state index contributed by atoms with van der Waals surface area (Å²) < 4.78 is 0. The molecule has 0 atom stereocenters. The van der Waals surface area contributed by atoms with Crippen LogP contribution in [0, 0.1) is 0 Å². The summed E-state index contributed by atoms with van der Waals surface area (Å²) in [6.45, 7) is 0. The fourth-order valence-electron chi connectivity index (χ4n) is 2.95. The molecule has 0 fully saturated rings. The van der Waals surface area contributed by atoms with Crippen LogP contribution in [0.5, 0.6) is 0 Å². The molecular weight excluding hydrogens is 368 g/mol. The first-order valence-corrected chi connectivity index (χ1v) is 9.16. The molecule has 26 heavy (non-hydrogen) atoms. The largest absolute Gasteiger partial charge is 0.340 e. The van der Waals surface area contributed by atoms with Crippen molar-refractivity contribution in [1.82, 2.24) is 25.6 Å². The highest BCUT2D eigenvalue weighted by atomic mass is 35.5. The molecule has 0 aliphatic heterocycles. The van der Waals surface area contributed by atoms with Gasteiger partial charge in [0.1, 0.15) is 5.82 Å². The quantitative estimate of drug-likeness (QED) is 0.460. The zero-order valence-electron chi connectivity index (χ0n) is 13.3. The lowest BCUT2D eigenvalue weighted by Gasteiger charge is -2.10. The highest BCUT2D eigenvalue weighted by Gasteiger charge is 2.12. The van der Waals surface area contributed by atoms with Crippen molar-refractivity contribution in [2.45, 2.75) is 0 Å². The van der Waals surface area contributed by atoms with E-state index in [0.29, 0.717) is 10.8 Å². The molecule has 3 heterocycles. The van der Waals surface area contributed by atoms with Gasteiger partial charge < -0.3 is 5.32 Å². The number of thiophene rings is 1. The Morgan fingerprint density at radius 1 is 1.00 bits per heavy atom. The molecule has 0 spiro atoms. The molecule has 126 valence electrons. The van der Waals surface area contributed by atoms with Crippen LogP contribution in [0.2, 0.25) is 5.02 Å². The average molecular weight is 379 g/mol. The second-order valence-corrected chi connectivity index (χ2v) is 6.96. The molecule has 5 aromatic rings. The highest BCUT2D eigenvalue weighted by molar-refractivity contribution is 7.09. The third-order valence-electron chi connectivity index (χ3n) is 4.14. The fraction of sp³-hybridized carbons (Fsp3) is 0. The lowest BCUT2D eigenvalue weighted by molar-refractivity contribution is 0.881. The molecule has 8 heteroatoms. The van der Waals surface area contributed by atoms with E-state index in [9.17, 15) is 0 Å². The summed E-state index contributed by atoms with van der Waals surface area (Å²) in [7, 11) is 0. The number of halogens is 1. The fourth-order valence-corrected chi connectivity index (χ4v) is 3.97. The van der Waals surface area contributed by atoms with E-state index in [1.807, 2.05) is 36.4 Å². The lowest BCUT2D eigenvalue weighted by atomic mass is 10.1. The number of aromatic amines is 1. The van der Waals surface area contributed by atoms with Gasteiger partial charge >= 0.3 is 0 Å². The van der Waals surface area contributed by atoms with Gasteiger partial charge in [-0.25, -0.2) is 10.1 Å². The predicted octanol–water partition coefficient (Wildman–Crippen LogP) is 5.03. The highest BCUT2D eigenvalue weighted by Crippen LogP contribution is 2.35. The van der Waals surface area contributed by atoms with Gasteiger partial charge in [0.15, 0.2) is 5.82 Å². The number of pyridine rings is 1. The zero-order chi connectivity index (χ0) is 17.5. The smallest absolute Gasteiger partial charge is 0.179 e. The van der Waals surface area contributed by atoms with E-state index in [4.69, 9.17) is 16.6 Å². The number of nitrogens with one attached hydrogen (secondary N) is 2. The number of anilines is 2. The summed E-state index contributed by atoms with van der Waals surface area (Å²) in [5.41, 5.74) is 2.65. The Morgan fingerprint density at radius 2 is 1.92 bits per heavy atom. The third-order valence-corrected chi connectivity index (χ3v) is 5.12. The van der Waals surface area contributed by atoms with Crippen molar-refractivity contribution >= 4 is 56.1 Å². The maximum atomic E-state index is 6.10. The Balaban J connectivity index is 1.69. The summed E-state index contributed by atoms with van der Waals surface area (Å²) in [5, 5.41) is 25.7. The predicted molar refractivity (Wildman–Crippen MR) is 105 cm³/mol. The molecule has 0 aliphatic rings. The SMILES string of the molecule is Clc1cccc(Nc2nc3cc(-c4nnn[nH]4)ccc3c3cscc23)c1. The summed E-state index contributed by atoms with van der Waals surface area (Å²) in [6.07, 6.45) is 0. The number of hydrogen-bond donors (Lipinski definition) is 2. The molecule has 2 N–H and O–H groups in total. The van der Waals surface area contributed by atoms with Crippen molar-refractivity contribution in [2.75, 3.05) is 5.32 Å². The van der Waals surface area contributed by atoms with Gasteiger partial charge in [-0.3, -0.25) is 0 Å². The molecule has 0 amide bonds. The van der Waals surface area contributed by atoms with Crippen LogP contribution in [0.25, 0.3) is 33.1 Å². The number of hydrogen-bond acceptors (Lipinski definition) is 6. The summed E-state index contributed by atoms with van der Waals surface area (Å²) >= 11 is 7.75. The van der Waals surface area contributed by atoms with Crippen molar-refractivity contribution in [3.05, 3.63) is 58.2 Å². The van der Waals surface area contributed by atoms with Crippen molar-refractivity contribution in [2.24, 2.45) is 0 Å². The number of fused-ring (bicyclic) bond motifs is 3. The minimum absolute atomic E-state index is 0.614. The number of aromatic nitrogens is 5. The molecule has 0 saturated heterocycles. The van der Waals surface area contributed by atoms with E-state index in [-0.39, 0.29) is 0 Å². The topological polar surface area (TPSA) is 79.4 Å². The molecular formula is C18H11ClN6S. The van der Waals surface area contributed by atoms with Crippen LogP contribution in [0.4, 0.5) is 11.5 Å². The number of tetrazole rings is 1. The van der Waals surface area contributed by atoms with Crippen LogP contribution < -0.4 is 5.32 Å². The summed E-state index contributed by atoms with van der Waals surface area (Å²) in [5.74, 6) is 1.41. The maximum absolute atomic E-state index is 6.10. The van der Waals surface area contributed by atoms with Crippen LogP contribution in [0.3, 0.4) is 0 Å². The average Bonchev–Trinajstić information content (AvgIpc) is 3.33. The van der Waals surface area contributed by atoms with Gasteiger partial charge in [0.2, 0.25) is 0 Å². The number of H-pyrrole nitrogens is 1. The Labute approximate surface area is 156 Å². The Bertz CT molecular complexity index is 1230. The van der Waals surface area contributed by atoms with Crippen LogP contribution in [0.1, 0.15) is 0 Å². The van der Waals surface area contributed by atoms with E-state index >= 15 is 0 Å². The van der Waals surface area contributed by atoms with E-state index < -0.39 is 0 Å². The van der Waals surface area contributed by atoms with E-state index in [1.165, 1.54) is 0 Å². The summed E-state index contributed by atoms with van der Waals surface area (Å²) in [4.78, 5) is 4.84. The monoisotopic (exact) mass is 378 g/mol. The molecule has 3 aromatic heterocycles. The Morgan fingerprint density at radius 3 is 2.77 bits per heavy atom. The number of rotatable bonds is 3. The molecule has 0 aliphatic carbocycles. The summed E-state index contributed by atoms with van der Waals surface area (Å²) in [6, 6.07) is 13.6. The van der Waals surface area contributed by atoms with Crippen molar-refractivity contribution in [1.29, 1.82) is 0 Å². The van der Waals surface area contributed by atoms with Gasteiger partial charge in [0.05, 0.1) is 5.52 Å². The molecule has 0 bridgehead atoms. The first-order chi connectivity index (χ1) is 12.8. The van der Waals surface area contributed by atoms with Crippen molar-refractivity contribution in [3.63, 3.8) is 0 Å². The zero-order valence-corrected chi connectivity index (χ0v) is 14.8. The molecule has 0 saturated carbocycles. The van der Waals surface area contributed by atoms with Crippen LogP contribution >= 0.6 is 22.9 Å². The van der Waals surface area contributed by atoms with Gasteiger partial charge in [0.25, 0.3) is 0 Å². The van der Waals surface area contributed by atoms with E-state index in [2.05, 4.69) is 42.8 Å². The first-order valence-electron chi connectivity index (χ1n) is 7.84. The van der Waals surface area contributed by atoms with Crippen LogP contribution in [-0.4, -0.2) is 25.6 Å². The van der Waals surface area contributed by atoms with Gasteiger partial charge in [-0.1, -0.05) is 29.8 Å². The normalized spacial score (nSPS) is 11.3. The van der Waals surface area contributed by atoms with E-state index in [0.717, 1.165) is 38.7 Å². The molecule has 0 unspecified atom stereocenters. The van der Waals surface area contributed by atoms with Crippen molar-refractivity contribution < 1.29 is 0 Å². The van der Waals surface area contributed by atoms with Gasteiger partial charge in [0, 0.05) is 37.8 Å². The van der Waals surface area contributed by atoms with E-state index in [1.54, 1.807) is 11.3 Å². The lowest BCUT2D eigenvalue weighted by Crippen LogP contribution is -1.95.